The van der Waals surface area contributed by atoms with Gasteiger partial charge in [0, 0.05) is 19.0 Å². The van der Waals surface area contributed by atoms with Crippen LogP contribution in [-0.4, -0.2) is 40.8 Å². The number of hydrogen-bond acceptors (Lipinski definition) is 3. The number of piperidine rings is 1. The molecular weight excluding hydrogens is 248 g/mol. The van der Waals surface area contributed by atoms with Crippen LogP contribution in [0.15, 0.2) is 0 Å². The lowest BCUT2D eigenvalue weighted by Crippen LogP contribution is -2.44. The fraction of sp³-hybridized carbons (Fsp3) is 0.846. The molecule has 0 aromatic rings. The highest BCUT2D eigenvalue weighted by molar-refractivity contribution is 8.00. The van der Waals surface area contributed by atoms with Crippen molar-refractivity contribution in [3.05, 3.63) is 0 Å². The van der Waals surface area contributed by atoms with Gasteiger partial charge in [-0.05, 0) is 31.9 Å². The normalized spacial score (nSPS) is 18.7. The number of carbonyl (C=O) groups is 2. The number of unbranched alkanes of at least 4 members (excludes halogenated alkanes) is 1. The van der Waals surface area contributed by atoms with Crippen LogP contribution in [0.1, 0.15) is 39.5 Å². The Morgan fingerprint density at radius 2 is 2.00 bits per heavy atom. The van der Waals surface area contributed by atoms with E-state index in [4.69, 9.17) is 5.73 Å². The molecule has 1 saturated heterocycles. The number of hydrogen-bond donors (Lipinski definition) is 1. The summed E-state index contributed by atoms with van der Waals surface area (Å²) in [7, 11) is 0. The van der Waals surface area contributed by atoms with Crippen molar-refractivity contribution < 1.29 is 9.59 Å². The lowest BCUT2D eigenvalue weighted by Gasteiger charge is -2.32. The van der Waals surface area contributed by atoms with E-state index in [1.165, 1.54) is 0 Å². The van der Waals surface area contributed by atoms with Gasteiger partial charge in [-0.1, -0.05) is 13.3 Å². The third-order valence-corrected chi connectivity index (χ3v) is 4.65. The molecule has 0 aromatic carbocycles. The van der Waals surface area contributed by atoms with Gasteiger partial charge in [0.15, 0.2) is 0 Å². The Morgan fingerprint density at radius 3 is 2.50 bits per heavy atom. The molecule has 0 saturated carbocycles. The van der Waals surface area contributed by atoms with Gasteiger partial charge in [-0.2, -0.15) is 0 Å². The van der Waals surface area contributed by atoms with Crippen molar-refractivity contribution in [2.45, 2.75) is 44.8 Å². The Bertz CT molecular complexity index is 289. The number of carbonyl (C=O) groups excluding carboxylic acids is 2. The van der Waals surface area contributed by atoms with Crippen LogP contribution in [0.5, 0.6) is 0 Å². The lowest BCUT2D eigenvalue weighted by atomic mass is 9.96. The van der Waals surface area contributed by atoms with Crippen LogP contribution in [0.2, 0.25) is 0 Å². The molecule has 0 aliphatic carbocycles. The average Bonchev–Trinajstić information content (AvgIpc) is 2.38. The van der Waals surface area contributed by atoms with Crippen molar-refractivity contribution in [1.29, 1.82) is 0 Å². The summed E-state index contributed by atoms with van der Waals surface area (Å²) in [5.74, 6) is 0.977. The lowest BCUT2D eigenvalue weighted by molar-refractivity contribution is -0.134. The Hall–Kier alpha value is -0.710. The minimum atomic E-state index is -0.229. The fourth-order valence-corrected chi connectivity index (χ4v) is 3.22. The molecule has 4 nitrogen and oxygen atoms in total. The van der Waals surface area contributed by atoms with E-state index in [0.29, 0.717) is 25.9 Å². The number of nitrogens with zero attached hydrogens (tertiary/aromatic N) is 1. The molecule has 1 aliphatic heterocycles. The van der Waals surface area contributed by atoms with Gasteiger partial charge in [-0.25, -0.2) is 0 Å². The highest BCUT2D eigenvalue weighted by Gasteiger charge is 2.28. The molecule has 18 heavy (non-hydrogen) atoms. The monoisotopic (exact) mass is 272 g/mol. The molecule has 0 bridgehead atoms. The smallest absolute Gasteiger partial charge is 0.235 e. The zero-order chi connectivity index (χ0) is 13.5. The second-order valence-electron chi connectivity index (χ2n) is 4.87. The van der Waals surface area contributed by atoms with Crippen molar-refractivity contribution >= 4 is 23.6 Å². The summed E-state index contributed by atoms with van der Waals surface area (Å²) in [6.07, 6.45) is 3.75. The summed E-state index contributed by atoms with van der Waals surface area (Å²) < 4.78 is 0. The number of primary amides is 1. The van der Waals surface area contributed by atoms with E-state index >= 15 is 0 Å². The molecule has 2 N–H and O–H groups in total. The van der Waals surface area contributed by atoms with Crippen LogP contribution in [-0.2, 0) is 9.59 Å². The molecule has 5 heteroatoms. The fourth-order valence-electron chi connectivity index (χ4n) is 2.12. The van der Waals surface area contributed by atoms with E-state index in [9.17, 15) is 9.59 Å². The molecule has 0 aromatic heterocycles. The standard InChI is InChI=1S/C13H24N2O2S/c1-3-4-9-18-10(2)13(17)15-7-5-11(6-8-15)12(14)16/h10-11H,3-9H2,1-2H3,(H2,14,16). The molecule has 1 heterocycles. The number of thioether (sulfide) groups is 1. The Kier molecular flexibility index (Phi) is 6.54. The molecule has 0 spiro atoms. The first-order valence-electron chi connectivity index (χ1n) is 6.76. The molecule has 1 aliphatic rings. The van der Waals surface area contributed by atoms with E-state index in [1.54, 1.807) is 11.8 Å². The van der Waals surface area contributed by atoms with E-state index < -0.39 is 0 Å². The van der Waals surface area contributed by atoms with Crippen molar-refractivity contribution in [3.63, 3.8) is 0 Å². The number of amides is 2. The topological polar surface area (TPSA) is 63.4 Å². The van der Waals surface area contributed by atoms with Gasteiger partial charge in [-0.15, -0.1) is 11.8 Å². The van der Waals surface area contributed by atoms with Gasteiger partial charge in [0.2, 0.25) is 11.8 Å². The molecule has 1 fully saturated rings. The van der Waals surface area contributed by atoms with Crippen LogP contribution in [0.25, 0.3) is 0 Å². The maximum Gasteiger partial charge on any atom is 0.235 e. The van der Waals surface area contributed by atoms with Gasteiger partial charge in [0.1, 0.15) is 0 Å². The van der Waals surface area contributed by atoms with E-state index in [0.717, 1.165) is 18.6 Å². The Balaban J connectivity index is 2.32. The summed E-state index contributed by atoms with van der Waals surface area (Å²) in [6.45, 7) is 5.47. The molecule has 104 valence electrons. The van der Waals surface area contributed by atoms with Gasteiger partial charge in [0.05, 0.1) is 5.25 Å². The van der Waals surface area contributed by atoms with Crippen LogP contribution >= 0.6 is 11.8 Å². The zero-order valence-electron chi connectivity index (χ0n) is 11.4. The van der Waals surface area contributed by atoms with Crippen molar-refractivity contribution in [2.24, 2.45) is 11.7 Å². The van der Waals surface area contributed by atoms with Crippen molar-refractivity contribution in [1.82, 2.24) is 4.90 Å². The summed E-state index contributed by atoms with van der Waals surface area (Å²) in [5.41, 5.74) is 5.28. The van der Waals surface area contributed by atoms with Gasteiger partial charge < -0.3 is 10.6 Å². The third kappa shape index (κ3) is 4.52. The molecule has 2 amide bonds. The SMILES string of the molecule is CCCCSC(C)C(=O)N1CCC(C(N)=O)CC1. The summed E-state index contributed by atoms with van der Waals surface area (Å²) in [4.78, 5) is 25.1. The summed E-state index contributed by atoms with van der Waals surface area (Å²) >= 11 is 1.73. The quantitative estimate of drug-likeness (QED) is 0.748. The maximum atomic E-state index is 12.2. The third-order valence-electron chi connectivity index (χ3n) is 3.42. The highest BCUT2D eigenvalue weighted by atomic mass is 32.2. The number of nitrogens with two attached hydrogens (primary N) is 1. The molecule has 0 radical (unpaired) electrons. The molecule has 1 unspecified atom stereocenters. The van der Waals surface area contributed by atoms with E-state index in [-0.39, 0.29) is 23.0 Å². The van der Waals surface area contributed by atoms with Gasteiger partial charge >= 0.3 is 0 Å². The molecular formula is C13H24N2O2S. The summed E-state index contributed by atoms with van der Waals surface area (Å²) in [5, 5.41) is 0.0293. The molecule has 1 atom stereocenters. The predicted octanol–water partition coefficient (Wildman–Crippen LogP) is 1.63. The predicted molar refractivity (Wildman–Crippen MR) is 75.3 cm³/mol. The van der Waals surface area contributed by atoms with Gasteiger partial charge in [0.25, 0.3) is 0 Å². The second-order valence-corrected chi connectivity index (χ2v) is 6.32. The van der Waals surface area contributed by atoms with Crippen LogP contribution in [0.4, 0.5) is 0 Å². The first kappa shape index (κ1) is 15.3. The van der Waals surface area contributed by atoms with Gasteiger partial charge in [-0.3, -0.25) is 9.59 Å². The van der Waals surface area contributed by atoms with Crippen LogP contribution in [0, 0.1) is 5.92 Å². The Morgan fingerprint density at radius 1 is 1.39 bits per heavy atom. The second kappa shape index (κ2) is 7.67. The molecule has 1 rings (SSSR count). The van der Waals surface area contributed by atoms with Crippen molar-refractivity contribution in [2.75, 3.05) is 18.8 Å². The minimum absolute atomic E-state index is 0.0293. The highest BCUT2D eigenvalue weighted by Crippen LogP contribution is 2.21. The maximum absolute atomic E-state index is 12.2. The van der Waals surface area contributed by atoms with Crippen LogP contribution in [0.3, 0.4) is 0 Å². The number of likely N-dealkylation sites (tertiary alicyclic amines) is 1. The first-order valence-corrected chi connectivity index (χ1v) is 7.80. The van der Waals surface area contributed by atoms with Crippen LogP contribution < -0.4 is 5.73 Å². The van der Waals surface area contributed by atoms with E-state index in [2.05, 4.69) is 6.92 Å². The zero-order valence-corrected chi connectivity index (χ0v) is 12.2. The average molecular weight is 272 g/mol. The largest absolute Gasteiger partial charge is 0.369 e. The van der Waals surface area contributed by atoms with E-state index in [1.807, 2.05) is 11.8 Å². The summed E-state index contributed by atoms with van der Waals surface area (Å²) in [6, 6.07) is 0. The van der Waals surface area contributed by atoms with Crippen molar-refractivity contribution in [3.8, 4) is 0 Å². The minimum Gasteiger partial charge on any atom is -0.369 e. The first-order chi connectivity index (χ1) is 8.56. The number of rotatable bonds is 6. The Labute approximate surface area is 114 Å².